The van der Waals surface area contributed by atoms with Crippen LogP contribution in [0.15, 0.2) is 60.8 Å². The molecule has 0 unspecified atom stereocenters. The fraction of sp³-hybridized carbons (Fsp3) is 0.111. The molecule has 2 N–H and O–H groups in total. The molecule has 0 radical (unpaired) electrons. The largest absolute Gasteiger partial charge is 0.504 e. The summed E-state index contributed by atoms with van der Waals surface area (Å²) >= 11 is 0. The van der Waals surface area contributed by atoms with E-state index in [4.69, 9.17) is 0 Å². The zero-order valence-electron chi connectivity index (χ0n) is 12.8. The molecule has 0 bridgehead atoms. The third-order valence-electron chi connectivity index (χ3n) is 3.57. The summed E-state index contributed by atoms with van der Waals surface area (Å²) in [5, 5.41) is 16.7. The molecule has 0 aliphatic heterocycles. The molecule has 0 spiro atoms. The maximum absolute atomic E-state index is 13.5. The summed E-state index contributed by atoms with van der Waals surface area (Å²) in [6, 6.07) is 15.6. The monoisotopic (exact) mass is 325 g/mol. The number of aromatic nitrogens is 2. The van der Waals surface area contributed by atoms with Gasteiger partial charge >= 0.3 is 0 Å². The molecule has 0 aliphatic rings. The van der Waals surface area contributed by atoms with Gasteiger partial charge in [-0.1, -0.05) is 36.4 Å². The highest BCUT2D eigenvalue weighted by molar-refractivity contribution is 5.94. The molecule has 2 aromatic carbocycles. The summed E-state index contributed by atoms with van der Waals surface area (Å²) in [6.45, 7) is 0.247. The molecule has 3 rings (SSSR count). The van der Waals surface area contributed by atoms with Gasteiger partial charge in [-0.3, -0.25) is 4.79 Å². The Bertz CT molecular complexity index is 846. The maximum atomic E-state index is 13.5. The van der Waals surface area contributed by atoms with Crippen molar-refractivity contribution >= 4 is 5.91 Å². The topological polar surface area (TPSA) is 67.2 Å². The standard InChI is InChI=1S/C18H16FN3O2/c19-15-9-5-4-6-13(15)10-11-20-18(24)17-16(23)12-22(21-17)14-7-2-1-3-8-14/h1-9,12,23H,10-11H2,(H,20,24). The van der Waals surface area contributed by atoms with Crippen molar-refractivity contribution in [3.05, 3.63) is 77.9 Å². The first-order chi connectivity index (χ1) is 11.6. The number of rotatable bonds is 5. The second-order valence-electron chi connectivity index (χ2n) is 5.24. The Morgan fingerprint density at radius 2 is 1.83 bits per heavy atom. The van der Waals surface area contributed by atoms with Crippen LogP contribution in [0.4, 0.5) is 4.39 Å². The summed E-state index contributed by atoms with van der Waals surface area (Å²) < 4.78 is 15.0. The van der Waals surface area contributed by atoms with Crippen molar-refractivity contribution in [2.24, 2.45) is 0 Å². The number of amides is 1. The summed E-state index contributed by atoms with van der Waals surface area (Å²) in [5.41, 5.74) is 1.20. The van der Waals surface area contributed by atoms with Gasteiger partial charge in [-0.05, 0) is 30.2 Å². The van der Waals surface area contributed by atoms with Crippen LogP contribution in [0.25, 0.3) is 5.69 Å². The predicted molar refractivity (Wildman–Crippen MR) is 87.7 cm³/mol. The van der Waals surface area contributed by atoms with Crippen molar-refractivity contribution < 1.29 is 14.3 Å². The maximum Gasteiger partial charge on any atom is 0.275 e. The fourth-order valence-corrected chi connectivity index (χ4v) is 2.34. The van der Waals surface area contributed by atoms with Crippen LogP contribution in [-0.2, 0) is 6.42 Å². The van der Waals surface area contributed by atoms with Gasteiger partial charge < -0.3 is 10.4 Å². The first-order valence-corrected chi connectivity index (χ1v) is 7.51. The summed E-state index contributed by atoms with van der Waals surface area (Å²) in [7, 11) is 0. The van der Waals surface area contributed by atoms with Crippen molar-refractivity contribution in [2.45, 2.75) is 6.42 Å². The number of benzene rings is 2. The number of hydrogen-bond acceptors (Lipinski definition) is 3. The lowest BCUT2D eigenvalue weighted by Gasteiger charge is -2.05. The van der Waals surface area contributed by atoms with Gasteiger partial charge in [0, 0.05) is 6.54 Å². The van der Waals surface area contributed by atoms with Gasteiger partial charge in [0.05, 0.1) is 11.9 Å². The van der Waals surface area contributed by atoms with Crippen LogP contribution >= 0.6 is 0 Å². The van der Waals surface area contributed by atoms with Gasteiger partial charge in [0.1, 0.15) is 5.82 Å². The van der Waals surface area contributed by atoms with Crippen molar-refractivity contribution in [3.8, 4) is 11.4 Å². The van der Waals surface area contributed by atoms with Crippen LogP contribution in [0, 0.1) is 5.82 Å². The van der Waals surface area contributed by atoms with E-state index in [0.717, 1.165) is 5.69 Å². The number of carbonyl (C=O) groups is 1. The third kappa shape index (κ3) is 3.43. The van der Waals surface area contributed by atoms with Gasteiger partial charge in [0.25, 0.3) is 5.91 Å². The number of hydrogen-bond donors (Lipinski definition) is 2. The Labute approximate surface area is 138 Å². The first kappa shape index (κ1) is 15.7. The Balaban J connectivity index is 1.65. The quantitative estimate of drug-likeness (QED) is 0.758. The highest BCUT2D eigenvalue weighted by Crippen LogP contribution is 2.18. The van der Waals surface area contributed by atoms with Gasteiger partial charge in [-0.15, -0.1) is 0 Å². The van der Waals surface area contributed by atoms with Crippen LogP contribution in [0.5, 0.6) is 5.75 Å². The van der Waals surface area contributed by atoms with Gasteiger partial charge in [-0.2, -0.15) is 5.10 Å². The lowest BCUT2D eigenvalue weighted by atomic mass is 10.1. The molecule has 0 atom stereocenters. The van der Waals surface area contributed by atoms with E-state index in [1.54, 1.807) is 18.2 Å². The number of halogens is 1. The predicted octanol–water partition coefficient (Wildman–Crippen LogP) is 2.69. The van der Waals surface area contributed by atoms with E-state index in [1.807, 2.05) is 30.3 Å². The molecule has 0 saturated carbocycles. The lowest BCUT2D eigenvalue weighted by Crippen LogP contribution is -2.26. The Kier molecular flexibility index (Phi) is 4.56. The highest BCUT2D eigenvalue weighted by Gasteiger charge is 2.16. The van der Waals surface area contributed by atoms with E-state index < -0.39 is 5.91 Å². The van der Waals surface area contributed by atoms with E-state index in [-0.39, 0.29) is 23.8 Å². The second-order valence-corrected chi connectivity index (χ2v) is 5.24. The van der Waals surface area contributed by atoms with Crippen LogP contribution in [0.3, 0.4) is 0 Å². The molecular weight excluding hydrogens is 309 g/mol. The molecule has 0 fully saturated rings. The molecule has 24 heavy (non-hydrogen) atoms. The van der Waals surface area contributed by atoms with Gasteiger partial charge in [-0.25, -0.2) is 9.07 Å². The molecule has 122 valence electrons. The molecule has 1 heterocycles. The first-order valence-electron chi connectivity index (χ1n) is 7.51. The zero-order chi connectivity index (χ0) is 16.9. The number of nitrogens with one attached hydrogen (secondary N) is 1. The average molecular weight is 325 g/mol. The van der Waals surface area contributed by atoms with Crippen LogP contribution in [0.2, 0.25) is 0 Å². The van der Waals surface area contributed by atoms with E-state index in [0.29, 0.717) is 12.0 Å². The normalized spacial score (nSPS) is 10.5. The van der Waals surface area contributed by atoms with E-state index in [2.05, 4.69) is 10.4 Å². The van der Waals surface area contributed by atoms with Gasteiger partial charge in [0.2, 0.25) is 0 Å². The van der Waals surface area contributed by atoms with E-state index >= 15 is 0 Å². The molecule has 0 aliphatic carbocycles. The molecule has 5 nitrogen and oxygen atoms in total. The van der Waals surface area contributed by atoms with Crippen molar-refractivity contribution in [3.63, 3.8) is 0 Å². The van der Waals surface area contributed by atoms with Crippen molar-refractivity contribution in [1.29, 1.82) is 0 Å². The third-order valence-corrected chi connectivity index (χ3v) is 3.57. The molecule has 3 aromatic rings. The van der Waals surface area contributed by atoms with Crippen LogP contribution < -0.4 is 5.32 Å². The number of aromatic hydroxyl groups is 1. The summed E-state index contributed by atoms with van der Waals surface area (Å²) in [6.07, 6.45) is 1.74. The minimum absolute atomic E-state index is 0.0626. The smallest absolute Gasteiger partial charge is 0.275 e. The van der Waals surface area contributed by atoms with Crippen molar-refractivity contribution in [2.75, 3.05) is 6.54 Å². The van der Waals surface area contributed by atoms with E-state index in [1.165, 1.54) is 16.9 Å². The summed E-state index contributed by atoms with van der Waals surface area (Å²) in [4.78, 5) is 12.1. The Morgan fingerprint density at radius 1 is 1.12 bits per heavy atom. The zero-order valence-corrected chi connectivity index (χ0v) is 12.8. The average Bonchev–Trinajstić information content (AvgIpc) is 2.99. The highest BCUT2D eigenvalue weighted by atomic mass is 19.1. The number of carbonyl (C=O) groups excluding carboxylic acids is 1. The Hall–Kier alpha value is -3.15. The minimum Gasteiger partial charge on any atom is -0.504 e. The molecule has 1 aromatic heterocycles. The number of nitrogens with zero attached hydrogens (tertiary/aromatic N) is 2. The SMILES string of the molecule is O=C(NCCc1ccccc1F)c1nn(-c2ccccc2)cc1O. The minimum atomic E-state index is -0.501. The fourth-order valence-electron chi connectivity index (χ4n) is 2.34. The van der Waals surface area contributed by atoms with Crippen molar-refractivity contribution in [1.82, 2.24) is 15.1 Å². The summed E-state index contributed by atoms with van der Waals surface area (Å²) in [5.74, 6) is -1.01. The molecule has 0 saturated heterocycles. The Morgan fingerprint density at radius 3 is 2.58 bits per heavy atom. The van der Waals surface area contributed by atoms with Crippen LogP contribution in [0.1, 0.15) is 16.1 Å². The van der Waals surface area contributed by atoms with Crippen LogP contribution in [-0.4, -0.2) is 27.3 Å². The van der Waals surface area contributed by atoms with Gasteiger partial charge in [0.15, 0.2) is 11.4 Å². The molecule has 1 amide bonds. The number of para-hydroxylation sites is 1. The van der Waals surface area contributed by atoms with E-state index in [9.17, 15) is 14.3 Å². The molecular formula is C18H16FN3O2. The lowest BCUT2D eigenvalue weighted by molar-refractivity contribution is 0.0946. The second kappa shape index (κ2) is 6.95. The molecule has 6 heteroatoms.